The Morgan fingerprint density at radius 2 is 1.90 bits per heavy atom. The first kappa shape index (κ1) is 27.4. The third-order valence-electron chi connectivity index (χ3n) is 7.40. The van der Waals surface area contributed by atoms with E-state index in [4.69, 9.17) is 9.72 Å². The van der Waals surface area contributed by atoms with Gasteiger partial charge in [-0.1, -0.05) is 49.0 Å². The molecular weight excluding hydrogens is 524 g/mol. The normalized spacial score (nSPS) is 18.3. The number of thioether (sulfide) groups is 1. The number of nitrogens with zero attached hydrogens (tertiary/aromatic N) is 4. The molecule has 1 aliphatic carbocycles. The molecule has 1 fully saturated rings. The smallest absolute Gasteiger partial charge is 0.257 e. The Morgan fingerprint density at radius 3 is 2.60 bits per heavy atom. The van der Waals surface area contributed by atoms with Gasteiger partial charge in [-0.05, 0) is 66.6 Å². The van der Waals surface area contributed by atoms with Gasteiger partial charge in [-0.25, -0.2) is 9.88 Å². The summed E-state index contributed by atoms with van der Waals surface area (Å²) in [4.78, 5) is 47.7. The molecule has 0 N–H and O–H groups in total. The van der Waals surface area contributed by atoms with Crippen LogP contribution in [0.25, 0.3) is 0 Å². The van der Waals surface area contributed by atoms with Crippen LogP contribution in [0.1, 0.15) is 42.1 Å². The number of rotatable bonds is 8. The van der Waals surface area contributed by atoms with Crippen LogP contribution in [0.5, 0.6) is 5.75 Å². The van der Waals surface area contributed by atoms with Crippen molar-refractivity contribution in [1.29, 1.82) is 5.26 Å². The Bertz CT molecular complexity index is 1470. The number of aromatic nitrogens is 1. The van der Waals surface area contributed by atoms with Gasteiger partial charge in [0, 0.05) is 12.2 Å². The number of pyridine rings is 1. The fourth-order valence-corrected chi connectivity index (χ4v) is 6.11. The molecule has 3 aromatic rings. The number of carbonyl (C=O) groups is 3. The molecule has 2 atom stereocenters. The third-order valence-corrected chi connectivity index (χ3v) is 8.37. The van der Waals surface area contributed by atoms with Gasteiger partial charge in [-0.3, -0.25) is 14.4 Å². The minimum absolute atomic E-state index is 0.00971. The number of fused-ring (bicyclic) bond motifs is 1. The van der Waals surface area contributed by atoms with Crippen molar-refractivity contribution in [2.24, 2.45) is 5.92 Å². The zero-order valence-electron chi connectivity index (χ0n) is 22.5. The van der Waals surface area contributed by atoms with E-state index in [2.05, 4.69) is 13.0 Å². The second-order valence-electron chi connectivity index (χ2n) is 10.2. The molecule has 1 aromatic heterocycles. The Kier molecular flexibility index (Phi) is 8.17. The molecule has 204 valence electrons. The van der Waals surface area contributed by atoms with Crippen LogP contribution in [0.15, 0.2) is 65.7 Å². The molecule has 0 spiro atoms. The van der Waals surface area contributed by atoms with Gasteiger partial charge < -0.3 is 9.64 Å². The number of ether oxygens (including phenoxy) is 1. The van der Waals surface area contributed by atoms with Crippen molar-refractivity contribution in [2.75, 3.05) is 17.8 Å². The number of carbonyl (C=O) groups excluding carboxylic acids is 3. The summed E-state index contributed by atoms with van der Waals surface area (Å²) in [7, 11) is 1.54. The number of benzene rings is 2. The minimum Gasteiger partial charge on any atom is -0.497 e. The number of methoxy groups -OCH3 is 1. The van der Waals surface area contributed by atoms with Crippen molar-refractivity contribution in [1.82, 2.24) is 9.88 Å². The fraction of sp³-hybridized carbons (Fsp3) is 0.323. The van der Waals surface area contributed by atoms with E-state index in [-0.39, 0.29) is 30.5 Å². The largest absolute Gasteiger partial charge is 0.497 e. The summed E-state index contributed by atoms with van der Waals surface area (Å²) in [5, 5.41) is 10.3. The van der Waals surface area contributed by atoms with Gasteiger partial charge >= 0.3 is 0 Å². The van der Waals surface area contributed by atoms with Crippen LogP contribution in [0.3, 0.4) is 0 Å². The quantitative estimate of drug-likeness (QED) is 0.297. The summed E-state index contributed by atoms with van der Waals surface area (Å²) in [6, 6.07) is 19.3. The van der Waals surface area contributed by atoms with E-state index in [1.54, 1.807) is 31.4 Å². The van der Waals surface area contributed by atoms with Crippen LogP contribution in [0.4, 0.5) is 5.69 Å². The maximum Gasteiger partial charge on any atom is 0.257 e. The molecule has 2 aliphatic rings. The van der Waals surface area contributed by atoms with E-state index in [0.717, 1.165) is 41.0 Å². The Balaban J connectivity index is 1.38. The Morgan fingerprint density at radius 1 is 1.15 bits per heavy atom. The van der Waals surface area contributed by atoms with E-state index in [1.807, 2.05) is 36.4 Å². The van der Waals surface area contributed by atoms with E-state index >= 15 is 0 Å². The minimum atomic E-state index is -0.934. The van der Waals surface area contributed by atoms with Crippen LogP contribution in [-0.2, 0) is 33.8 Å². The molecule has 0 saturated carbocycles. The van der Waals surface area contributed by atoms with Crippen molar-refractivity contribution >= 4 is 35.2 Å². The number of nitriles is 1. The highest BCUT2D eigenvalue weighted by Crippen LogP contribution is 2.31. The van der Waals surface area contributed by atoms with Gasteiger partial charge in [0.05, 0.1) is 30.5 Å². The van der Waals surface area contributed by atoms with Crippen molar-refractivity contribution in [3.8, 4) is 11.8 Å². The van der Waals surface area contributed by atoms with Gasteiger partial charge in [0.1, 0.15) is 22.9 Å². The second kappa shape index (κ2) is 11.9. The lowest BCUT2D eigenvalue weighted by Gasteiger charge is -2.28. The molecule has 1 aliphatic heterocycles. The molecule has 1 saturated heterocycles. The number of hydrogen-bond acceptors (Lipinski definition) is 7. The molecule has 0 bridgehead atoms. The molecule has 9 heteroatoms. The predicted octanol–water partition coefficient (Wildman–Crippen LogP) is 4.54. The van der Waals surface area contributed by atoms with Crippen LogP contribution >= 0.6 is 11.8 Å². The zero-order chi connectivity index (χ0) is 28.2. The monoisotopic (exact) mass is 554 g/mol. The summed E-state index contributed by atoms with van der Waals surface area (Å²) >= 11 is 1.21. The highest BCUT2D eigenvalue weighted by atomic mass is 32.2. The van der Waals surface area contributed by atoms with Gasteiger partial charge in [0.2, 0.25) is 11.8 Å². The second-order valence-corrected chi connectivity index (χ2v) is 11.2. The molecular formula is C31H30N4O4S. The van der Waals surface area contributed by atoms with Crippen molar-refractivity contribution in [3.05, 3.63) is 83.0 Å². The first-order valence-electron chi connectivity index (χ1n) is 13.3. The lowest BCUT2D eigenvalue weighted by molar-refractivity contribution is -0.136. The van der Waals surface area contributed by atoms with Gasteiger partial charge in [-0.15, -0.1) is 0 Å². The number of imide groups is 1. The molecule has 5 rings (SSSR count). The topological polar surface area (TPSA) is 104 Å². The highest BCUT2D eigenvalue weighted by molar-refractivity contribution is 8.00. The molecule has 40 heavy (non-hydrogen) atoms. The Labute approximate surface area is 237 Å². The average Bonchev–Trinajstić information content (AvgIpc) is 3.27. The van der Waals surface area contributed by atoms with Crippen LogP contribution < -0.4 is 9.64 Å². The predicted molar refractivity (Wildman–Crippen MR) is 152 cm³/mol. The summed E-state index contributed by atoms with van der Waals surface area (Å²) in [5.41, 5.74) is 3.83. The zero-order valence-corrected chi connectivity index (χ0v) is 23.3. The molecule has 2 unspecified atom stereocenters. The molecule has 8 nitrogen and oxygen atoms in total. The lowest BCUT2D eigenvalue weighted by atomic mass is 9.87. The summed E-state index contributed by atoms with van der Waals surface area (Å²) < 4.78 is 5.19. The molecule has 0 radical (unpaired) electrons. The third kappa shape index (κ3) is 5.73. The summed E-state index contributed by atoms with van der Waals surface area (Å²) in [6.45, 7) is 2.38. The van der Waals surface area contributed by atoms with E-state index in [9.17, 15) is 19.6 Å². The standard InChI is InChI=1S/C31H30N4O4S/c1-20-8-13-26-22(14-20)15-23(17-32)30(33-26)40-19-29(37)34(18-21-6-4-3-5-7-21)27-16-28(36)35(31(27)38)24-9-11-25(39-2)12-10-24/h3-7,9-12,15,20,27H,8,13-14,16,18-19H2,1-2H3. The van der Waals surface area contributed by atoms with Gasteiger partial charge in [0.25, 0.3) is 5.91 Å². The summed E-state index contributed by atoms with van der Waals surface area (Å²) in [5.74, 6) is 0.0493. The number of hydrogen-bond donors (Lipinski definition) is 0. The van der Waals surface area contributed by atoms with Crippen LogP contribution in [0.2, 0.25) is 0 Å². The molecule has 2 aromatic carbocycles. The van der Waals surface area contributed by atoms with E-state index < -0.39 is 11.9 Å². The Hall–Kier alpha value is -4.16. The van der Waals surface area contributed by atoms with E-state index in [1.165, 1.54) is 16.7 Å². The fourth-order valence-electron chi connectivity index (χ4n) is 5.25. The number of amides is 3. The maximum absolute atomic E-state index is 13.7. The lowest BCUT2D eigenvalue weighted by Crippen LogP contribution is -2.45. The SMILES string of the molecule is COc1ccc(N2C(=O)CC(N(Cc3ccccc3)C(=O)CSc3nc4c(cc3C#N)CC(C)CC4)C2=O)cc1. The van der Waals surface area contributed by atoms with Gasteiger partial charge in [-0.2, -0.15) is 5.26 Å². The summed E-state index contributed by atoms with van der Waals surface area (Å²) in [6.07, 6.45) is 2.69. The molecule has 3 amide bonds. The van der Waals surface area contributed by atoms with E-state index in [0.29, 0.717) is 27.9 Å². The number of anilines is 1. The first-order valence-corrected chi connectivity index (χ1v) is 14.3. The molecule has 2 heterocycles. The highest BCUT2D eigenvalue weighted by Gasteiger charge is 2.44. The number of aryl methyl sites for hydroxylation is 1. The van der Waals surface area contributed by atoms with Crippen molar-refractivity contribution < 1.29 is 19.1 Å². The average molecular weight is 555 g/mol. The first-order chi connectivity index (χ1) is 19.4. The van der Waals surface area contributed by atoms with Crippen molar-refractivity contribution in [2.45, 2.75) is 50.2 Å². The van der Waals surface area contributed by atoms with Crippen molar-refractivity contribution in [3.63, 3.8) is 0 Å². The van der Waals surface area contributed by atoms with Gasteiger partial charge in [0.15, 0.2) is 0 Å². The van der Waals surface area contributed by atoms with Crippen LogP contribution in [0, 0.1) is 17.2 Å². The maximum atomic E-state index is 13.7. The van der Waals surface area contributed by atoms with Crippen LogP contribution in [-0.4, -0.2) is 46.5 Å².